The van der Waals surface area contributed by atoms with Gasteiger partial charge in [0.05, 0.1) is 18.0 Å². The highest BCUT2D eigenvalue weighted by Gasteiger charge is 2.35. The van der Waals surface area contributed by atoms with E-state index in [1.54, 1.807) is 0 Å². The van der Waals surface area contributed by atoms with E-state index in [2.05, 4.69) is 9.38 Å². The number of nitrogens with zero attached hydrogens (tertiary/aromatic N) is 2. The molecular formula is C14H18N2OS. The van der Waals surface area contributed by atoms with E-state index in [9.17, 15) is 5.11 Å². The molecule has 1 N–H and O–H groups in total. The number of rotatable bonds is 3. The Hall–Kier alpha value is -0.870. The van der Waals surface area contributed by atoms with Gasteiger partial charge in [0.1, 0.15) is 11.2 Å². The van der Waals surface area contributed by atoms with Gasteiger partial charge in [-0.3, -0.25) is 4.40 Å². The summed E-state index contributed by atoms with van der Waals surface area (Å²) in [6.45, 7) is 0. The summed E-state index contributed by atoms with van der Waals surface area (Å²) >= 11 is 1.83. The molecule has 0 aromatic carbocycles. The Kier molecular flexibility index (Phi) is 2.49. The summed E-state index contributed by atoms with van der Waals surface area (Å²) in [4.78, 5) is 6.82. The number of aliphatic hydroxyl groups excluding tert-OH is 1. The lowest BCUT2D eigenvalue weighted by atomic mass is 9.97. The molecule has 0 amide bonds. The normalized spacial score (nSPS) is 22.9. The Morgan fingerprint density at radius 3 is 2.78 bits per heavy atom. The average Bonchev–Trinajstić information content (AvgIpc) is 2.84. The largest absolute Gasteiger partial charge is 0.387 e. The van der Waals surface area contributed by atoms with Crippen molar-refractivity contribution in [2.45, 2.75) is 50.5 Å². The lowest BCUT2D eigenvalue weighted by molar-refractivity contribution is 0.106. The number of hydrogen-bond donors (Lipinski definition) is 1. The molecule has 2 aromatic heterocycles. The Labute approximate surface area is 110 Å². The number of thiazole rings is 1. The molecule has 0 saturated heterocycles. The third kappa shape index (κ3) is 1.62. The topological polar surface area (TPSA) is 37.5 Å². The highest BCUT2D eigenvalue weighted by atomic mass is 32.1. The summed E-state index contributed by atoms with van der Waals surface area (Å²) in [7, 11) is 0. The molecule has 2 aliphatic carbocycles. The molecule has 2 aromatic rings. The molecule has 0 radical (unpaired) electrons. The predicted molar refractivity (Wildman–Crippen MR) is 72.0 cm³/mol. The van der Waals surface area contributed by atoms with Gasteiger partial charge < -0.3 is 5.11 Å². The molecule has 2 saturated carbocycles. The van der Waals surface area contributed by atoms with Crippen LogP contribution in [0.2, 0.25) is 0 Å². The monoisotopic (exact) mass is 262 g/mol. The highest BCUT2D eigenvalue weighted by molar-refractivity contribution is 7.17. The summed E-state index contributed by atoms with van der Waals surface area (Å²) in [5.74, 6) is 1.17. The van der Waals surface area contributed by atoms with E-state index in [0.29, 0.717) is 11.8 Å². The zero-order chi connectivity index (χ0) is 12.1. The number of fused-ring (bicyclic) bond motifs is 1. The van der Waals surface area contributed by atoms with Crippen LogP contribution in [0.15, 0.2) is 12.5 Å². The average molecular weight is 262 g/mol. The number of aromatic nitrogens is 2. The van der Waals surface area contributed by atoms with E-state index >= 15 is 0 Å². The second-order valence-electron chi connectivity index (χ2n) is 5.72. The van der Waals surface area contributed by atoms with E-state index in [4.69, 9.17) is 0 Å². The van der Waals surface area contributed by atoms with Gasteiger partial charge in [0.2, 0.25) is 0 Å². The fourth-order valence-electron chi connectivity index (χ4n) is 3.25. The molecule has 0 spiro atoms. The molecular weight excluding hydrogens is 244 g/mol. The quantitative estimate of drug-likeness (QED) is 0.919. The van der Waals surface area contributed by atoms with Gasteiger partial charge in [-0.15, -0.1) is 11.3 Å². The Balaban J connectivity index is 1.80. The first kappa shape index (κ1) is 11.0. The summed E-state index contributed by atoms with van der Waals surface area (Å²) in [6, 6.07) is 0. The summed E-state index contributed by atoms with van der Waals surface area (Å²) in [5.41, 5.74) is 1.15. The first-order valence-electron chi connectivity index (χ1n) is 6.97. The number of aliphatic hydroxyl groups is 1. The lowest BCUT2D eigenvalue weighted by Gasteiger charge is -2.18. The molecule has 18 heavy (non-hydrogen) atoms. The van der Waals surface area contributed by atoms with Crippen LogP contribution in [0.4, 0.5) is 0 Å². The molecule has 2 aliphatic rings. The van der Waals surface area contributed by atoms with Gasteiger partial charge in [-0.1, -0.05) is 12.8 Å². The fourth-order valence-corrected chi connectivity index (χ4v) is 4.55. The van der Waals surface area contributed by atoms with Crippen LogP contribution in [0.3, 0.4) is 0 Å². The zero-order valence-electron chi connectivity index (χ0n) is 10.4. The maximum atomic E-state index is 10.7. The van der Waals surface area contributed by atoms with Crippen LogP contribution in [0.5, 0.6) is 0 Å². The third-order valence-electron chi connectivity index (χ3n) is 4.41. The van der Waals surface area contributed by atoms with Crippen molar-refractivity contribution in [2.75, 3.05) is 0 Å². The molecule has 0 aliphatic heterocycles. The van der Waals surface area contributed by atoms with E-state index in [0.717, 1.165) is 5.69 Å². The van der Waals surface area contributed by atoms with Gasteiger partial charge in [0.25, 0.3) is 0 Å². The Bertz CT molecular complexity index is 563. The summed E-state index contributed by atoms with van der Waals surface area (Å²) in [6.07, 6.45) is 11.0. The molecule has 3 nitrogen and oxygen atoms in total. The summed E-state index contributed by atoms with van der Waals surface area (Å²) < 4.78 is 2.13. The first-order valence-corrected chi connectivity index (χ1v) is 7.79. The SMILES string of the molecule is OC(c1c(C2CC2)sc2cncn12)C1CCCC1. The Morgan fingerprint density at radius 1 is 1.28 bits per heavy atom. The highest BCUT2D eigenvalue weighted by Crippen LogP contribution is 2.49. The van der Waals surface area contributed by atoms with Crippen molar-refractivity contribution in [1.82, 2.24) is 9.38 Å². The lowest BCUT2D eigenvalue weighted by Crippen LogP contribution is -2.12. The van der Waals surface area contributed by atoms with E-state index in [1.807, 2.05) is 23.9 Å². The number of imidazole rings is 1. The van der Waals surface area contributed by atoms with E-state index < -0.39 is 0 Å². The maximum Gasteiger partial charge on any atom is 0.120 e. The maximum absolute atomic E-state index is 10.7. The van der Waals surface area contributed by atoms with Gasteiger partial charge in [0.15, 0.2) is 0 Å². The minimum Gasteiger partial charge on any atom is -0.387 e. The van der Waals surface area contributed by atoms with Crippen molar-refractivity contribution in [3.63, 3.8) is 0 Å². The van der Waals surface area contributed by atoms with Gasteiger partial charge in [0, 0.05) is 4.88 Å². The Morgan fingerprint density at radius 2 is 2.06 bits per heavy atom. The van der Waals surface area contributed by atoms with Gasteiger partial charge >= 0.3 is 0 Å². The minimum absolute atomic E-state index is 0.286. The van der Waals surface area contributed by atoms with Crippen molar-refractivity contribution < 1.29 is 5.11 Å². The van der Waals surface area contributed by atoms with Crippen molar-refractivity contribution in [3.8, 4) is 0 Å². The molecule has 0 bridgehead atoms. The van der Waals surface area contributed by atoms with E-state index in [-0.39, 0.29) is 6.10 Å². The van der Waals surface area contributed by atoms with Crippen LogP contribution >= 0.6 is 11.3 Å². The third-order valence-corrected chi connectivity index (χ3v) is 5.68. The van der Waals surface area contributed by atoms with Crippen LogP contribution in [0, 0.1) is 5.92 Å². The molecule has 2 fully saturated rings. The molecule has 4 heteroatoms. The predicted octanol–water partition coefficient (Wildman–Crippen LogP) is 3.50. The van der Waals surface area contributed by atoms with Crippen LogP contribution in [0.25, 0.3) is 4.83 Å². The van der Waals surface area contributed by atoms with Crippen LogP contribution in [0.1, 0.15) is 61.1 Å². The second kappa shape index (κ2) is 4.07. The molecule has 1 unspecified atom stereocenters. The first-order chi connectivity index (χ1) is 8.84. The standard InChI is InChI=1S/C14H18N2OS/c17-13(9-3-1-2-4-9)12-14(10-5-6-10)18-11-7-15-8-16(11)12/h7-10,13,17H,1-6H2. The molecule has 2 heterocycles. The fraction of sp³-hybridized carbons (Fsp3) is 0.643. The molecule has 1 atom stereocenters. The van der Waals surface area contributed by atoms with Crippen molar-refractivity contribution in [3.05, 3.63) is 23.1 Å². The van der Waals surface area contributed by atoms with Gasteiger partial charge in [-0.05, 0) is 37.5 Å². The van der Waals surface area contributed by atoms with Crippen LogP contribution in [-0.2, 0) is 0 Å². The molecule has 4 rings (SSSR count). The summed E-state index contributed by atoms with van der Waals surface area (Å²) in [5, 5.41) is 10.7. The minimum atomic E-state index is -0.286. The van der Waals surface area contributed by atoms with Crippen molar-refractivity contribution in [2.24, 2.45) is 5.92 Å². The molecule has 96 valence electrons. The zero-order valence-corrected chi connectivity index (χ0v) is 11.2. The smallest absolute Gasteiger partial charge is 0.120 e. The van der Waals surface area contributed by atoms with Crippen LogP contribution < -0.4 is 0 Å². The van der Waals surface area contributed by atoms with Gasteiger partial charge in [-0.25, -0.2) is 4.98 Å². The van der Waals surface area contributed by atoms with Crippen molar-refractivity contribution in [1.29, 1.82) is 0 Å². The number of hydrogen-bond acceptors (Lipinski definition) is 3. The van der Waals surface area contributed by atoms with Crippen molar-refractivity contribution >= 4 is 16.2 Å². The van der Waals surface area contributed by atoms with E-state index in [1.165, 1.54) is 48.2 Å². The van der Waals surface area contributed by atoms with Gasteiger partial charge in [-0.2, -0.15) is 0 Å². The second-order valence-corrected chi connectivity index (χ2v) is 6.78. The van der Waals surface area contributed by atoms with Crippen LogP contribution in [-0.4, -0.2) is 14.5 Å².